The number of hydrogen-bond donors (Lipinski definition) is 0. The van der Waals surface area contributed by atoms with Gasteiger partial charge in [0.15, 0.2) is 0 Å². The van der Waals surface area contributed by atoms with E-state index in [0.717, 1.165) is 44.4 Å². The van der Waals surface area contributed by atoms with Crippen molar-refractivity contribution in [2.24, 2.45) is 5.92 Å². The Hall–Kier alpha value is -1.55. The van der Waals surface area contributed by atoms with Gasteiger partial charge in [-0.3, -0.25) is 9.69 Å². The molecule has 1 saturated heterocycles. The van der Waals surface area contributed by atoms with Crippen molar-refractivity contribution >= 4 is 12.0 Å². The van der Waals surface area contributed by atoms with E-state index >= 15 is 0 Å². The second-order valence-corrected chi connectivity index (χ2v) is 6.32. The highest BCUT2D eigenvalue weighted by Gasteiger charge is 2.28. The van der Waals surface area contributed by atoms with E-state index in [1.807, 2.05) is 12.1 Å². The molecule has 0 bridgehead atoms. The van der Waals surface area contributed by atoms with Crippen LogP contribution < -0.4 is 0 Å². The predicted molar refractivity (Wildman–Crippen MR) is 82.7 cm³/mol. The molecule has 1 aromatic heterocycles. The molecule has 2 heterocycles. The number of furan rings is 1. The molecule has 1 aromatic rings. The van der Waals surface area contributed by atoms with Crippen LogP contribution in [0.3, 0.4) is 0 Å². The molecule has 1 amide bonds. The van der Waals surface area contributed by atoms with Gasteiger partial charge in [-0.1, -0.05) is 5.57 Å². The molecule has 2 aliphatic rings. The fourth-order valence-corrected chi connectivity index (χ4v) is 2.89. The molecule has 1 aliphatic carbocycles. The molecule has 0 aromatic carbocycles. The highest BCUT2D eigenvalue weighted by molar-refractivity contribution is 5.76. The van der Waals surface area contributed by atoms with Crippen LogP contribution in [0.25, 0.3) is 6.08 Å². The van der Waals surface area contributed by atoms with E-state index in [-0.39, 0.29) is 0 Å². The molecule has 0 spiro atoms. The van der Waals surface area contributed by atoms with Gasteiger partial charge < -0.3 is 9.32 Å². The summed E-state index contributed by atoms with van der Waals surface area (Å²) in [6.45, 7) is 6.73. The third kappa shape index (κ3) is 4.21. The second kappa shape index (κ2) is 6.48. The van der Waals surface area contributed by atoms with Gasteiger partial charge in [-0.05, 0) is 43.9 Å². The number of rotatable bonds is 5. The summed E-state index contributed by atoms with van der Waals surface area (Å²) in [5.74, 6) is 2.01. The summed E-state index contributed by atoms with van der Waals surface area (Å²) in [5, 5.41) is 0. The Balaban J connectivity index is 1.53. The minimum Gasteiger partial charge on any atom is -0.465 e. The van der Waals surface area contributed by atoms with Gasteiger partial charge in [0, 0.05) is 39.1 Å². The van der Waals surface area contributed by atoms with E-state index in [4.69, 9.17) is 4.42 Å². The number of carbonyl (C=O) groups excluding carboxylic acids is 1. The molecule has 4 heteroatoms. The molecular formula is C17H24N2O2. The van der Waals surface area contributed by atoms with E-state index in [1.54, 1.807) is 6.26 Å². The van der Waals surface area contributed by atoms with Gasteiger partial charge in [0.1, 0.15) is 5.76 Å². The Morgan fingerprint density at radius 2 is 2.24 bits per heavy atom. The summed E-state index contributed by atoms with van der Waals surface area (Å²) >= 11 is 0. The van der Waals surface area contributed by atoms with Crippen LogP contribution in [0.5, 0.6) is 0 Å². The summed E-state index contributed by atoms with van der Waals surface area (Å²) < 4.78 is 5.35. The van der Waals surface area contributed by atoms with Crippen molar-refractivity contribution in [1.82, 2.24) is 9.80 Å². The molecule has 0 radical (unpaired) electrons. The van der Waals surface area contributed by atoms with Gasteiger partial charge >= 0.3 is 0 Å². The van der Waals surface area contributed by atoms with Crippen molar-refractivity contribution in [3.63, 3.8) is 0 Å². The van der Waals surface area contributed by atoms with Crippen LogP contribution in [0.4, 0.5) is 0 Å². The van der Waals surface area contributed by atoms with Crippen molar-refractivity contribution in [2.45, 2.75) is 26.2 Å². The van der Waals surface area contributed by atoms with Gasteiger partial charge in [0.05, 0.1) is 6.26 Å². The maximum atomic E-state index is 12.1. The standard InChI is InChI=1S/C17H24N2O2/c1-14(11-16-3-2-10-21-16)12-18-7-6-17(20)19(9-8-18)13-15-4-5-15/h2-3,10-11,15H,4-9,12-13H2,1H3/b14-11+. The van der Waals surface area contributed by atoms with Crippen molar-refractivity contribution in [1.29, 1.82) is 0 Å². The number of carbonyl (C=O) groups is 1. The molecule has 0 N–H and O–H groups in total. The number of nitrogens with zero attached hydrogens (tertiary/aromatic N) is 2. The minimum absolute atomic E-state index is 0.331. The van der Waals surface area contributed by atoms with Crippen LogP contribution in [-0.2, 0) is 4.79 Å². The second-order valence-electron chi connectivity index (χ2n) is 6.32. The largest absolute Gasteiger partial charge is 0.465 e. The van der Waals surface area contributed by atoms with Crippen LogP contribution in [0.2, 0.25) is 0 Å². The summed E-state index contributed by atoms with van der Waals surface area (Å²) in [5.41, 5.74) is 1.27. The van der Waals surface area contributed by atoms with Gasteiger partial charge in [-0.2, -0.15) is 0 Å². The molecule has 2 fully saturated rings. The minimum atomic E-state index is 0.331. The molecule has 0 unspecified atom stereocenters. The van der Waals surface area contributed by atoms with Crippen LogP contribution in [0.15, 0.2) is 28.4 Å². The first-order valence-corrected chi connectivity index (χ1v) is 7.91. The maximum Gasteiger partial charge on any atom is 0.223 e. The highest BCUT2D eigenvalue weighted by Crippen LogP contribution is 2.30. The lowest BCUT2D eigenvalue weighted by atomic mass is 10.2. The van der Waals surface area contributed by atoms with Gasteiger partial charge in [0.25, 0.3) is 0 Å². The lowest BCUT2D eigenvalue weighted by Crippen LogP contribution is -2.35. The Morgan fingerprint density at radius 3 is 2.95 bits per heavy atom. The molecule has 1 saturated carbocycles. The van der Waals surface area contributed by atoms with Gasteiger partial charge in [0.2, 0.25) is 5.91 Å². The normalized spacial score (nSPS) is 21.7. The van der Waals surface area contributed by atoms with Crippen molar-refractivity contribution in [2.75, 3.05) is 32.7 Å². The van der Waals surface area contributed by atoms with Gasteiger partial charge in [-0.25, -0.2) is 0 Å². The predicted octanol–water partition coefficient (Wildman–Crippen LogP) is 2.63. The lowest BCUT2D eigenvalue weighted by molar-refractivity contribution is -0.130. The highest BCUT2D eigenvalue weighted by atomic mass is 16.3. The third-order valence-electron chi connectivity index (χ3n) is 4.26. The van der Waals surface area contributed by atoms with Crippen molar-refractivity contribution in [3.8, 4) is 0 Å². The topological polar surface area (TPSA) is 36.7 Å². The zero-order valence-corrected chi connectivity index (χ0v) is 12.8. The summed E-state index contributed by atoms with van der Waals surface area (Å²) in [4.78, 5) is 16.6. The van der Waals surface area contributed by atoms with E-state index in [9.17, 15) is 4.79 Å². The Labute approximate surface area is 126 Å². The first-order chi connectivity index (χ1) is 10.2. The molecular weight excluding hydrogens is 264 g/mol. The first kappa shape index (κ1) is 14.4. The Bertz CT molecular complexity index is 503. The van der Waals surface area contributed by atoms with E-state index < -0.39 is 0 Å². The maximum absolute atomic E-state index is 12.1. The Kier molecular flexibility index (Phi) is 4.44. The van der Waals surface area contributed by atoms with Crippen LogP contribution in [0, 0.1) is 5.92 Å². The zero-order valence-electron chi connectivity index (χ0n) is 12.8. The first-order valence-electron chi connectivity index (χ1n) is 7.91. The molecule has 4 nitrogen and oxygen atoms in total. The molecule has 0 atom stereocenters. The van der Waals surface area contributed by atoms with Crippen LogP contribution >= 0.6 is 0 Å². The Morgan fingerprint density at radius 1 is 1.38 bits per heavy atom. The fourth-order valence-electron chi connectivity index (χ4n) is 2.89. The zero-order chi connectivity index (χ0) is 14.7. The smallest absolute Gasteiger partial charge is 0.223 e. The van der Waals surface area contributed by atoms with E-state index in [0.29, 0.717) is 12.3 Å². The van der Waals surface area contributed by atoms with E-state index in [2.05, 4.69) is 22.8 Å². The summed E-state index contributed by atoms with van der Waals surface area (Å²) in [6, 6.07) is 3.87. The SMILES string of the molecule is C/C(=C\c1ccco1)CN1CCC(=O)N(CC2CC2)CC1. The number of hydrogen-bond acceptors (Lipinski definition) is 3. The number of amides is 1. The summed E-state index contributed by atoms with van der Waals surface area (Å²) in [7, 11) is 0. The molecule has 3 rings (SSSR count). The fraction of sp³-hybridized carbons (Fsp3) is 0.588. The van der Waals surface area contributed by atoms with Gasteiger partial charge in [-0.15, -0.1) is 0 Å². The van der Waals surface area contributed by atoms with E-state index in [1.165, 1.54) is 18.4 Å². The van der Waals surface area contributed by atoms with Crippen LogP contribution in [0.1, 0.15) is 31.9 Å². The molecule has 114 valence electrons. The lowest BCUT2D eigenvalue weighted by Gasteiger charge is -2.22. The molecule has 21 heavy (non-hydrogen) atoms. The average molecular weight is 288 g/mol. The quantitative estimate of drug-likeness (QED) is 0.835. The monoisotopic (exact) mass is 288 g/mol. The molecule has 1 aliphatic heterocycles. The van der Waals surface area contributed by atoms with Crippen molar-refractivity contribution in [3.05, 3.63) is 29.7 Å². The van der Waals surface area contributed by atoms with Crippen LogP contribution in [-0.4, -0.2) is 48.4 Å². The average Bonchev–Trinajstić information content (AvgIpc) is 3.17. The van der Waals surface area contributed by atoms with Crippen molar-refractivity contribution < 1.29 is 9.21 Å². The summed E-state index contributed by atoms with van der Waals surface area (Å²) in [6.07, 6.45) is 7.03. The third-order valence-corrected chi connectivity index (χ3v) is 4.26.